The third kappa shape index (κ3) is 1.46. The SMILES string of the molecule is Clc1ccc2c(-n3ccnc3)ccnc2c1. The van der Waals surface area contributed by atoms with Gasteiger partial charge in [-0.05, 0) is 24.3 Å². The van der Waals surface area contributed by atoms with Crippen LogP contribution in [0.1, 0.15) is 0 Å². The molecule has 0 atom stereocenters. The van der Waals surface area contributed by atoms with Crippen LogP contribution in [0, 0.1) is 0 Å². The Labute approximate surface area is 97.3 Å². The smallest absolute Gasteiger partial charge is 0.0991 e. The largest absolute Gasteiger partial charge is 0.306 e. The van der Waals surface area contributed by atoms with Crippen LogP contribution in [0.4, 0.5) is 0 Å². The van der Waals surface area contributed by atoms with Gasteiger partial charge in [0.05, 0.1) is 17.5 Å². The number of pyridine rings is 1. The molecule has 0 N–H and O–H groups in total. The van der Waals surface area contributed by atoms with Gasteiger partial charge < -0.3 is 4.57 Å². The van der Waals surface area contributed by atoms with Gasteiger partial charge in [-0.3, -0.25) is 4.98 Å². The summed E-state index contributed by atoms with van der Waals surface area (Å²) in [5.74, 6) is 0. The van der Waals surface area contributed by atoms with E-state index in [9.17, 15) is 0 Å². The van der Waals surface area contributed by atoms with Gasteiger partial charge in [0, 0.05) is 29.0 Å². The van der Waals surface area contributed by atoms with Gasteiger partial charge in [0.2, 0.25) is 0 Å². The summed E-state index contributed by atoms with van der Waals surface area (Å²) in [6.45, 7) is 0. The summed E-state index contributed by atoms with van der Waals surface area (Å²) in [5.41, 5.74) is 1.94. The lowest BCUT2D eigenvalue weighted by Crippen LogP contribution is -1.92. The zero-order valence-electron chi connectivity index (χ0n) is 8.34. The molecule has 0 spiro atoms. The van der Waals surface area contributed by atoms with Crippen molar-refractivity contribution in [3.05, 3.63) is 54.2 Å². The Morgan fingerprint density at radius 1 is 1.12 bits per heavy atom. The summed E-state index contributed by atoms with van der Waals surface area (Å²) in [7, 11) is 0. The summed E-state index contributed by atoms with van der Waals surface area (Å²) in [4.78, 5) is 8.33. The van der Waals surface area contributed by atoms with Crippen LogP contribution in [-0.4, -0.2) is 14.5 Å². The lowest BCUT2D eigenvalue weighted by Gasteiger charge is -2.06. The quantitative estimate of drug-likeness (QED) is 0.642. The maximum Gasteiger partial charge on any atom is 0.0991 e. The highest BCUT2D eigenvalue weighted by Crippen LogP contribution is 2.23. The summed E-state index contributed by atoms with van der Waals surface area (Å²) >= 11 is 5.94. The number of fused-ring (bicyclic) bond motifs is 1. The molecule has 78 valence electrons. The minimum Gasteiger partial charge on any atom is -0.306 e. The van der Waals surface area contributed by atoms with Gasteiger partial charge in [-0.15, -0.1) is 0 Å². The third-order valence-corrected chi connectivity index (χ3v) is 2.70. The molecule has 2 heterocycles. The molecule has 0 radical (unpaired) electrons. The van der Waals surface area contributed by atoms with E-state index in [1.165, 1.54) is 0 Å². The fraction of sp³-hybridized carbons (Fsp3) is 0. The highest BCUT2D eigenvalue weighted by atomic mass is 35.5. The van der Waals surface area contributed by atoms with Gasteiger partial charge in [0.15, 0.2) is 0 Å². The molecule has 0 aliphatic rings. The minimum absolute atomic E-state index is 0.697. The average molecular weight is 230 g/mol. The Morgan fingerprint density at radius 2 is 2.06 bits per heavy atom. The predicted molar refractivity (Wildman–Crippen MR) is 63.9 cm³/mol. The lowest BCUT2D eigenvalue weighted by molar-refractivity contribution is 1.06. The molecule has 0 saturated carbocycles. The van der Waals surface area contributed by atoms with E-state index in [4.69, 9.17) is 11.6 Å². The van der Waals surface area contributed by atoms with Crippen molar-refractivity contribution in [2.75, 3.05) is 0 Å². The molecule has 0 unspecified atom stereocenters. The van der Waals surface area contributed by atoms with E-state index in [0.717, 1.165) is 16.6 Å². The van der Waals surface area contributed by atoms with E-state index in [1.54, 1.807) is 18.7 Å². The number of hydrogen-bond acceptors (Lipinski definition) is 2. The molecule has 2 aromatic heterocycles. The van der Waals surface area contributed by atoms with Crippen molar-refractivity contribution in [2.45, 2.75) is 0 Å². The molecule has 0 aliphatic heterocycles. The summed E-state index contributed by atoms with van der Waals surface area (Å²) in [5, 5.41) is 1.76. The van der Waals surface area contributed by atoms with Crippen molar-refractivity contribution in [2.24, 2.45) is 0 Å². The van der Waals surface area contributed by atoms with Crippen molar-refractivity contribution in [1.29, 1.82) is 0 Å². The molecule has 3 nitrogen and oxygen atoms in total. The molecule has 0 aliphatic carbocycles. The van der Waals surface area contributed by atoms with Crippen LogP contribution < -0.4 is 0 Å². The molecule has 0 bridgehead atoms. The number of rotatable bonds is 1. The number of halogens is 1. The van der Waals surface area contributed by atoms with Gasteiger partial charge in [0.1, 0.15) is 0 Å². The first-order chi connectivity index (χ1) is 7.84. The predicted octanol–water partition coefficient (Wildman–Crippen LogP) is 3.07. The van der Waals surface area contributed by atoms with Crippen molar-refractivity contribution in [1.82, 2.24) is 14.5 Å². The lowest BCUT2D eigenvalue weighted by atomic mass is 10.2. The second-order valence-electron chi connectivity index (χ2n) is 3.46. The van der Waals surface area contributed by atoms with E-state index in [1.807, 2.05) is 35.0 Å². The molecular weight excluding hydrogens is 222 g/mol. The number of benzene rings is 1. The molecule has 3 aromatic rings. The van der Waals surface area contributed by atoms with E-state index in [-0.39, 0.29) is 0 Å². The summed E-state index contributed by atoms with van der Waals surface area (Å²) in [6.07, 6.45) is 7.20. The maximum absolute atomic E-state index is 5.94. The molecular formula is C12H8ClN3. The molecule has 0 saturated heterocycles. The first-order valence-corrected chi connectivity index (χ1v) is 5.25. The van der Waals surface area contributed by atoms with E-state index in [0.29, 0.717) is 5.02 Å². The fourth-order valence-corrected chi connectivity index (χ4v) is 1.90. The van der Waals surface area contributed by atoms with Gasteiger partial charge in [-0.1, -0.05) is 11.6 Å². The van der Waals surface area contributed by atoms with Gasteiger partial charge >= 0.3 is 0 Å². The second kappa shape index (κ2) is 3.61. The first-order valence-electron chi connectivity index (χ1n) is 4.87. The zero-order valence-corrected chi connectivity index (χ0v) is 9.09. The van der Waals surface area contributed by atoms with Crippen LogP contribution in [0.2, 0.25) is 5.02 Å². The fourth-order valence-electron chi connectivity index (χ4n) is 1.73. The molecule has 4 heteroatoms. The van der Waals surface area contributed by atoms with Gasteiger partial charge in [-0.25, -0.2) is 4.98 Å². The Balaban J connectivity index is 2.34. The van der Waals surface area contributed by atoms with Gasteiger partial charge in [0.25, 0.3) is 0 Å². The Hall–Kier alpha value is -1.87. The number of imidazole rings is 1. The Bertz CT molecular complexity index is 632. The number of aromatic nitrogens is 3. The highest BCUT2D eigenvalue weighted by Gasteiger charge is 2.03. The minimum atomic E-state index is 0.697. The normalized spacial score (nSPS) is 10.8. The third-order valence-electron chi connectivity index (χ3n) is 2.46. The van der Waals surface area contributed by atoms with Crippen LogP contribution in [0.25, 0.3) is 16.6 Å². The highest BCUT2D eigenvalue weighted by molar-refractivity contribution is 6.31. The van der Waals surface area contributed by atoms with Crippen LogP contribution in [0.3, 0.4) is 0 Å². The van der Waals surface area contributed by atoms with Crippen molar-refractivity contribution in [3.8, 4) is 5.69 Å². The van der Waals surface area contributed by atoms with Crippen molar-refractivity contribution >= 4 is 22.5 Å². The topological polar surface area (TPSA) is 30.7 Å². The molecule has 3 rings (SSSR count). The summed E-state index contributed by atoms with van der Waals surface area (Å²) < 4.78 is 1.96. The number of nitrogens with zero attached hydrogens (tertiary/aromatic N) is 3. The van der Waals surface area contributed by atoms with Crippen molar-refractivity contribution < 1.29 is 0 Å². The standard InChI is InChI=1S/C12H8ClN3/c13-9-1-2-10-11(7-9)15-4-3-12(10)16-6-5-14-8-16/h1-8H. The van der Waals surface area contributed by atoms with E-state index >= 15 is 0 Å². The molecule has 1 aromatic carbocycles. The molecule has 0 amide bonds. The van der Waals surface area contributed by atoms with Crippen LogP contribution >= 0.6 is 11.6 Å². The van der Waals surface area contributed by atoms with Gasteiger partial charge in [-0.2, -0.15) is 0 Å². The first kappa shape index (κ1) is 9.36. The zero-order chi connectivity index (χ0) is 11.0. The molecule has 16 heavy (non-hydrogen) atoms. The van der Waals surface area contributed by atoms with Crippen LogP contribution in [0.5, 0.6) is 0 Å². The van der Waals surface area contributed by atoms with E-state index in [2.05, 4.69) is 9.97 Å². The van der Waals surface area contributed by atoms with E-state index < -0.39 is 0 Å². The number of hydrogen-bond donors (Lipinski definition) is 0. The average Bonchev–Trinajstić information content (AvgIpc) is 2.81. The Morgan fingerprint density at radius 3 is 2.88 bits per heavy atom. The Kier molecular flexibility index (Phi) is 2.11. The van der Waals surface area contributed by atoms with Crippen LogP contribution in [-0.2, 0) is 0 Å². The maximum atomic E-state index is 5.94. The van der Waals surface area contributed by atoms with Crippen molar-refractivity contribution in [3.63, 3.8) is 0 Å². The van der Waals surface area contributed by atoms with Crippen LogP contribution in [0.15, 0.2) is 49.2 Å². The second-order valence-corrected chi connectivity index (χ2v) is 3.90. The molecule has 0 fully saturated rings. The summed E-state index contributed by atoms with van der Waals surface area (Å²) in [6, 6.07) is 7.65. The monoisotopic (exact) mass is 229 g/mol.